The van der Waals surface area contributed by atoms with Crippen LogP contribution in [-0.4, -0.2) is 15.9 Å². The largest absolute Gasteiger partial charge is 0.364 e. The van der Waals surface area contributed by atoms with Gasteiger partial charge in [0.25, 0.3) is 5.91 Å². The number of nitrogens with zero attached hydrogens (tertiary/aromatic N) is 2. The molecule has 1 aromatic carbocycles. The Bertz CT molecular complexity index is 754. The minimum absolute atomic E-state index is 0.269. The number of hydrogen-bond donors (Lipinski definition) is 1. The van der Waals surface area contributed by atoms with Crippen molar-refractivity contribution in [1.29, 1.82) is 0 Å². The molecular formula is C15H11N3O. The van der Waals surface area contributed by atoms with Gasteiger partial charge >= 0.3 is 0 Å². The maximum atomic E-state index is 11.1. The van der Waals surface area contributed by atoms with Gasteiger partial charge in [-0.05, 0) is 30.3 Å². The minimum atomic E-state index is -0.523. The van der Waals surface area contributed by atoms with E-state index in [2.05, 4.69) is 9.97 Å². The molecule has 4 heteroatoms. The molecule has 0 unspecified atom stereocenters. The van der Waals surface area contributed by atoms with Crippen molar-refractivity contribution in [2.45, 2.75) is 0 Å². The van der Waals surface area contributed by atoms with Crippen molar-refractivity contribution in [2.24, 2.45) is 5.73 Å². The fourth-order valence-corrected chi connectivity index (χ4v) is 2.04. The first-order valence-electron chi connectivity index (χ1n) is 5.87. The van der Waals surface area contributed by atoms with Gasteiger partial charge in [0.2, 0.25) is 0 Å². The van der Waals surface area contributed by atoms with Crippen molar-refractivity contribution in [1.82, 2.24) is 9.97 Å². The van der Waals surface area contributed by atoms with Gasteiger partial charge < -0.3 is 5.73 Å². The Morgan fingerprint density at radius 1 is 1.00 bits per heavy atom. The molecule has 0 spiro atoms. The standard InChI is InChI=1S/C15H11N3O/c16-15(19)14-8-7-11-10(4-3-6-13(11)18-14)12-5-1-2-9-17-12/h1-9H,(H2,16,19). The van der Waals surface area contributed by atoms with E-state index in [0.717, 1.165) is 22.2 Å². The lowest BCUT2D eigenvalue weighted by atomic mass is 10.0. The average Bonchev–Trinajstić information content (AvgIpc) is 2.47. The molecule has 2 aromatic heterocycles. The second kappa shape index (κ2) is 4.49. The minimum Gasteiger partial charge on any atom is -0.364 e. The van der Waals surface area contributed by atoms with E-state index in [1.165, 1.54) is 0 Å². The van der Waals surface area contributed by atoms with Gasteiger partial charge in [-0.15, -0.1) is 0 Å². The summed E-state index contributed by atoms with van der Waals surface area (Å²) in [5.74, 6) is -0.523. The highest BCUT2D eigenvalue weighted by molar-refractivity contribution is 5.98. The summed E-state index contributed by atoms with van der Waals surface area (Å²) >= 11 is 0. The van der Waals surface area contributed by atoms with Gasteiger partial charge in [-0.1, -0.05) is 18.2 Å². The fourth-order valence-electron chi connectivity index (χ4n) is 2.04. The molecule has 0 bridgehead atoms. The van der Waals surface area contributed by atoms with Crippen LogP contribution < -0.4 is 5.73 Å². The fraction of sp³-hybridized carbons (Fsp3) is 0. The number of pyridine rings is 2. The summed E-state index contributed by atoms with van der Waals surface area (Å²) in [7, 11) is 0. The zero-order valence-corrected chi connectivity index (χ0v) is 10.1. The number of nitrogens with two attached hydrogens (primary N) is 1. The van der Waals surface area contributed by atoms with Gasteiger partial charge in [0.15, 0.2) is 0 Å². The number of primary amides is 1. The van der Waals surface area contributed by atoms with Crippen LogP contribution in [0.4, 0.5) is 0 Å². The molecule has 0 aliphatic rings. The number of carbonyl (C=O) groups excluding carboxylic acids is 1. The Balaban J connectivity index is 2.25. The van der Waals surface area contributed by atoms with Crippen molar-refractivity contribution in [3.8, 4) is 11.3 Å². The highest BCUT2D eigenvalue weighted by atomic mass is 16.1. The summed E-state index contributed by atoms with van der Waals surface area (Å²) in [5, 5.41) is 0.950. The highest BCUT2D eigenvalue weighted by Gasteiger charge is 2.08. The van der Waals surface area contributed by atoms with Crippen LogP contribution in [0, 0.1) is 0 Å². The Labute approximate surface area is 109 Å². The van der Waals surface area contributed by atoms with Crippen molar-refractivity contribution in [3.63, 3.8) is 0 Å². The molecule has 2 N–H and O–H groups in total. The molecule has 0 saturated carbocycles. The summed E-state index contributed by atoms with van der Waals surface area (Å²) in [6.07, 6.45) is 1.75. The number of aromatic nitrogens is 2. The summed E-state index contributed by atoms with van der Waals surface area (Å²) < 4.78 is 0. The number of hydrogen-bond acceptors (Lipinski definition) is 3. The zero-order valence-electron chi connectivity index (χ0n) is 10.1. The van der Waals surface area contributed by atoms with Crippen LogP contribution in [0.1, 0.15) is 10.5 Å². The monoisotopic (exact) mass is 249 g/mol. The van der Waals surface area contributed by atoms with Crippen molar-refractivity contribution >= 4 is 16.8 Å². The summed E-state index contributed by atoms with van der Waals surface area (Å²) in [6, 6.07) is 15.0. The molecule has 0 radical (unpaired) electrons. The van der Waals surface area contributed by atoms with E-state index in [-0.39, 0.29) is 5.69 Å². The third-order valence-electron chi connectivity index (χ3n) is 2.93. The van der Waals surface area contributed by atoms with Gasteiger partial charge in [0.05, 0.1) is 11.2 Å². The first-order chi connectivity index (χ1) is 9.25. The lowest BCUT2D eigenvalue weighted by molar-refractivity contribution is 0.0996. The number of fused-ring (bicyclic) bond motifs is 1. The molecule has 0 aliphatic carbocycles. The first-order valence-corrected chi connectivity index (χ1v) is 5.87. The second-order valence-corrected chi connectivity index (χ2v) is 4.15. The third-order valence-corrected chi connectivity index (χ3v) is 2.93. The number of amides is 1. The maximum absolute atomic E-state index is 11.1. The normalized spacial score (nSPS) is 10.5. The number of benzene rings is 1. The Kier molecular flexibility index (Phi) is 2.68. The molecule has 19 heavy (non-hydrogen) atoms. The topological polar surface area (TPSA) is 68.9 Å². The molecule has 0 fully saturated rings. The predicted octanol–water partition coefficient (Wildman–Crippen LogP) is 2.40. The van der Waals surface area contributed by atoms with Gasteiger partial charge in [0.1, 0.15) is 5.69 Å². The Morgan fingerprint density at radius 3 is 2.63 bits per heavy atom. The highest BCUT2D eigenvalue weighted by Crippen LogP contribution is 2.26. The molecule has 2 heterocycles. The predicted molar refractivity (Wildman–Crippen MR) is 73.5 cm³/mol. The SMILES string of the molecule is NC(=O)c1ccc2c(-c3ccccn3)cccc2n1. The van der Waals surface area contributed by atoms with Crippen molar-refractivity contribution in [3.05, 3.63) is 60.4 Å². The van der Waals surface area contributed by atoms with E-state index in [1.54, 1.807) is 12.3 Å². The van der Waals surface area contributed by atoms with Gasteiger partial charge in [-0.3, -0.25) is 9.78 Å². The Hall–Kier alpha value is -2.75. The van der Waals surface area contributed by atoms with Gasteiger partial charge in [-0.2, -0.15) is 0 Å². The molecule has 3 rings (SSSR count). The Morgan fingerprint density at radius 2 is 1.89 bits per heavy atom. The summed E-state index contributed by atoms with van der Waals surface area (Å²) in [6.45, 7) is 0. The van der Waals surface area contributed by atoms with Crippen LogP contribution in [0.2, 0.25) is 0 Å². The molecular weight excluding hydrogens is 238 g/mol. The molecule has 0 aliphatic heterocycles. The quantitative estimate of drug-likeness (QED) is 0.758. The van der Waals surface area contributed by atoms with E-state index in [0.29, 0.717) is 0 Å². The van der Waals surface area contributed by atoms with E-state index >= 15 is 0 Å². The second-order valence-electron chi connectivity index (χ2n) is 4.15. The van der Waals surface area contributed by atoms with E-state index < -0.39 is 5.91 Å². The van der Waals surface area contributed by atoms with Crippen LogP contribution in [0.15, 0.2) is 54.7 Å². The number of carbonyl (C=O) groups is 1. The number of rotatable bonds is 2. The van der Waals surface area contributed by atoms with E-state index in [4.69, 9.17) is 5.73 Å². The first kappa shape index (κ1) is 11.3. The zero-order chi connectivity index (χ0) is 13.2. The molecule has 0 saturated heterocycles. The van der Waals surface area contributed by atoms with Crippen LogP contribution in [0.3, 0.4) is 0 Å². The van der Waals surface area contributed by atoms with Crippen molar-refractivity contribution in [2.75, 3.05) is 0 Å². The lowest BCUT2D eigenvalue weighted by Crippen LogP contribution is -2.12. The van der Waals surface area contributed by atoms with E-state index in [9.17, 15) is 4.79 Å². The van der Waals surface area contributed by atoms with Gasteiger partial charge in [-0.25, -0.2) is 4.98 Å². The molecule has 92 valence electrons. The van der Waals surface area contributed by atoms with Crippen LogP contribution in [0.5, 0.6) is 0 Å². The summed E-state index contributed by atoms with van der Waals surface area (Å²) in [5.41, 5.74) is 8.11. The van der Waals surface area contributed by atoms with Crippen molar-refractivity contribution < 1.29 is 4.79 Å². The molecule has 1 amide bonds. The molecule has 0 atom stereocenters. The van der Waals surface area contributed by atoms with Gasteiger partial charge in [0, 0.05) is 17.1 Å². The van der Waals surface area contributed by atoms with Crippen LogP contribution in [-0.2, 0) is 0 Å². The molecule has 3 aromatic rings. The lowest BCUT2D eigenvalue weighted by Gasteiger charge is -2.06. The van der Waals surface area contributed by atoms with Crippen LogP contribution in [0.25, 0.3) is 22.2 Å². The smallest absolute Gasteiger partial charge is 0.267 e. The average molecular weight is 249 g/mol. The third kappa shape index (κ3) is 2.04. The van der Waals surface area contributed by atoms with E-state index in [1.807, 2.05) is 42.5 Å². The summed E-state index contributed by atoms with van der Waals surface area (Å²) in [4.78, 5) is 19.7. The van der Waals surface area contributed by atoms with Crippen LogP contribution >= 0.6 is 0 Å². The molecule has 4 nitrogen and oxygen atoms in total. The maximum Gasteiger partial charge on any atom is 0.267 e.